The summed E-state index contributed by atoms with van der Waals surface area (Å²) in [4.78, 5) is 12.2. The average Bonchev–Trinajstić information content (AvgIpc) is 2.97. The summed E-state index contributed by atoms with van der Waals surface area (Å²) in [7, 11) is 0. The van der Waals surface area contributed by atoms with Gasteiger partial charge in [0.1, 0.15) is 12.2 Å². The van der Waals surface area contributed by atoms with Crippen LogP contribution in [0, 0.1) is 35.0 Å². The SMILES string of the molecule is CC12CCC3C4CCC(O)(C(F)F)CC4=CCC3C1CCC2C(=O)CO. The molecule has 0 radical (unpaired) electrons. The van der Waals surface area contributed by atoms with Crippen molar-refractivity contribution in [2.75, 3.05) is 6.61 Å². The molecule has 26 heavy (non-hydrogen) atoms. The highest BCUT2D eigenvalue weighted by Gasteiger charge is 2.58. The summed E-state index contributed by atoms with van der Waals surface area (Å²) in [5.41, 5.74) is -0.820. The Kier molecular flexibility index (Phi) is 4.54. The number of hydrogen-bond acceptors (Lipinski definition) is 3. The summed E-state index contributed by atoms with van der Waals surface area (Å²) in [6, 6.07) is 0. The summed E-state index contributed by atoms with van der Waals surface area (Å²) in [5, 5.41) is 19.6. The minimum Gasteiger partial charge on any atom is -0.389 e. The van der Waals surface area contributed by atoms with E-state index in [1.807, 2.05) is 0 Å². The highest BCUT2D eigenvalue weighted by molar-refractivity contribution is 5.83. The number of Topliss-reactive ketones (excluding diaryl/α,β-unsaturated/α-hetero) is 1. The molecule has 3 saturated carbocycles. The van der Waals surface area contributed by atoms with E-state index in [1.165, 1.54) is 0 Å². The van der Waals surface area contributed by atoms with Crippen molar-refractivity contribution < 1.29 is 23.8 Å². The summed E-state index contributed by atoms with van der Waals surface area (Å²) in [6.45, 7) is 1.87. The Morgan fingerprint density at radius 3 is 2.69 bits per heavy atom. The molecule has 7 atom stereocenters. The molecule has 0 amide bonds. The molecule has 2 N–H and O–H groups in total. The summed E-state index contributed by atoms with van der Waals surface area (Å²) in [6.07, 6.45) is 5.20. The van der Waals surface area contributed by atoms with E-state index in [9.17, 15) is 23.8 Å². The molecule has 3 nitrogen and oxygen atoms in total. The molecule has 146 valence electrons. The Labute approximate surface area is 153 Å². The largest absolute Gasteiger partial charge is 0.389 e. The van der Waals surface area contributed by atoms with Crippen LogP contribution in [0.4, 0.5) is 8.78 Å². The smallest absolute Gasteiger partial charge is 0.267 e. The lowest BCUT2D eigenvalue weighted by Gasteiger charge is -2.54. The number of aliphatic hydroxyl groups excluding tert-OH is 1. The molecular weight excluding hydrogens is 338 g/mol. The Bertz CT molecular complexity index is 618. The lowest BCUT2D eigenvalue weighted by atomic mass is 9.51. The predicted octanol–water partition coefficient (Wildman–Crippen LogP) is 3.73. The average molecular weight is 368 g/mol. The lowest BCUT2D eigenvalue weighted by Crippen LogP contribution is -2.50. The predicted molar refractivity (Wildman–Crippen MR) is 93.6 cm³/mol. The molecule has 4 aliphatic rings. The number of allylic oxidation sites excluding steroid dienone is 1. The van der Waals surface area contributed by atoms with Crippen molar-refractivity contribution in [1.29, 1.82) is 0 Å². The van der Waals surface area contributed by atoms with Crippen LogP contribution in [-0.4, -0.2) is 34.6 Å². The van der Waals surface area contributed by atoms with Gasteiger partial charge in [0.25, 0.3) is 6.43 Å². The number of halogens is 2. The lowest BCUT2D eigenvalue weighted by molar-refractivity contribution is -0.133. The van der Waals surface area contributed by atoms with E-state index in [4.69, 9.17) is 0 Å². The van der Waals surface area contributed by atoms with Crippen LogP contribution in [-0.2, 0) is 4.79 Å². The van der Waals surface area contributed by atoms with Crippen LogP contribution in [0.15, 0.2) is 11.6 Å². The van der Waals surface area contributed by atoms with Crippen LogP contribution in [0.3, 0.4) is 0 Å². The van der Waals surface area contributed by atoms with Crippen LogP contribution in [0.25, 0.3) is 0 Å². The molecule has 4 aliphatic carbocycles. The zero-order valence-corrected chi connectivity index (χ0v) is 15.5. The van der Waals surface area contributed by atoms with Gasteiger partial charge in [0, 0.05) is 12.3 Å². The maximum atomic E-state index is 13.2. The van der Waals surface area contributed by atoms with Gasteiger partial charge in [-0.05, 0) is 74.0 Å². The number of carbonyl (C=O) groups excluding carboxylic acids is 1. The fraction of sp³-hybridized carbons (Fsp3) is 0.857. The maximum Gasteiger partial charge on any atom is 0.267 e. The van der Waals surface area contributed by atoms with Crippen molar-refractivity contribution in [3.05, 3.63) is 11.6 Å². The van der Waals surface area contributed by atoms with E-state index in [0.29, 0.717) is 30.1 Å². The fourth-order valence-corrected chi connectivity index (χ4v) is 7.14. The number of hydrogen-bond donors (Lipinski definition) is 2. The normalized spacial score (nSPS) is 47.8. The quantitative estimate of drug-likeness (QED) is 0.746. The van der Waals surface area contributed by atoms with Gasteiger partial charge in [-0.2, -0.15) is 0 Å². The van der Waals surface area contributed by atoms with Crippen molar-refractivity contribution in [3.63, 3.8) is 0 Å². The minimum absolute atomic E-state index is 0.0137. The molecule has 5 heteroatoms. The van der Waals surface area contributed by atoms with Crippen LogP contribution >= 0.6 is 0 Å². The van der Waals surface area contributed by atoms with Gasteiger partial charge in [-0.3, -0.25) is 4.79 Å². The highest BCUT2D eigenvalue weighted by Crippen LogP contribution is 2.63. The monoisotopic (exact) mass is 368 g/mol. The van der Waals surface area contributed by atoms with Crippen LogP contribution in [0.1, 0.15) is 58.3 Å². The third kappa shape index (κ3) is 2.61. The first-order valence-corrected chi connectivity index (χ1v) is 10.1. The maximum absolute atomic E-state index is 13.2. The van der Waals surface area contributed by atoms with Gasteiger partial charge < -0.3 is 10.2 Å². The molecule has 3 fully saturated rings. The van der Waals surface area contributed by atoms with Gasteiger partial charge in [-0.15, -0.1) is 0 Å². The number of fused-ring (bicyclic) bond motifs is 5. The highest BCUT2D eigenvalue weighted by atomic mass is 19.3. The van der Waals surface area contributed by atoms with Crippen LogP contribution in [0.5, 0.6) is 0 Å². The molecule has 0 aromatic rings. The van der Waals surface area contributed by atoms with Gasteiger partial charge in [0.15, 0.2) is 5.78 Å². The van der Waals surface area contributed by atoms with Gasteiger partial charge in [-0.1, -0.05) is 18.6 Å². The number of aliphatic hydroxyl groups is 2. The molecule has 0 aromatic heterocycles. The first-order valence-electron chi connectivity index (χ1n) is 10.1. The molecule has 0 spiro atoms. The van der Waals surface area contributed by atoms with Crippen molar-refractivity contribution in [2.45, 2.75) is 70.3 Å². The summed E-state index contributed by atoms with van der Waals surface area (Å²) in [5.74, 6) is 1.77. The Hall–Kier alpha value is -0.810. The summed E-state index contributed by atoms with van der Waals surface area (Å²) < 4.78 is 26.5. The van der Waals surface area contributed by atoms with Crippen molar-refractivity contribution in [1.82, 2.24) is 0 Å². The third-order valence-corrected chi connectivity index (χ3v) is 8.49. The van der Waals surface area contributed by atoms with Gasteiger partial charge in [-0.25, -0.2) is 8.78 Å². The van der Waals surface area contributed by atoms with Crippen molar-refractivity contribution in [3.8, 4) is 0 Å². The molecular formula is C21H30F2O3. The van der Waals surface area contributed by atoms with E-state index < -0.39 is 12.0 Å². The van der Waals surface area contributed by atoms with E-state index in [1.54, 1.807) is 0 Å². The third-order valence-electron chi connectivity index (χ3n) is 8.49. The fourth-order valence-electron chi connectivity index (χ4n) is 7.14. The second kappa shape index (κ2) is 6.37. The van der Waals surface area contributed by atoms with Crippen LogP contribution in [0.2, 0.25) is 0 Å². The van der Waals surface area contributed by atoms with E-state index in [0.717, 1.165) is 37.7 Å². The van der Waals surface area contributed by atoms with Gasteiger partial charge in [0.2, 0.25) is 0 Å². The second-order valence-electron chi connectivity index (χ2n) is 9.47. The van der Waals surface area contributed by atoms with E-state index >= 15 is 0 Å². The number of alkyl halides is 2. The van der Waals surface area contributed by atoms with Crippen molar-refractivity contribution in [2.24, 2.45) is 35.0 Å². The summed E-state index contributed by atoms with van der Waals surface area (Å²) >= 11 is 0. The molecule has 0 saturated heterocycles. The first-order chi connectivity index (χ1) is 12.3. The number of carbonyl (C=O) groups is 1. The standard InChI is InChI=1S/C21H30F2O3/c1-20-8-6-14-13-7-9-21(26,19(22)23)10-12(13)2-3-15(14)16(20)4-5-17(20)18(25)11-24/h2,13-17,19,24,26H,3-11H2,1H3. The number of rotatable bonds is 3. The van der Waals surface area contributed by atoms with Gasteiger partial charge in [0.05, 0.1) is 0 Å². The molecule has 7 unspecified atom stereocenters. The van der Waals surface area contributed by atoms with Crippen LogP contribution < -0.4 is 0 Å². The van der Waals surface area contributed by atoms with Crippen molar-refractivity contribution >= 4 is 5.78 Å². The molecule has 0 aromatic carbocycles. The number of ketones is 1. The van der Waals surface area contributed by atoms with E-state index in [2.05, 4.69) is 13.0 Å². The molecule has 0 bridgehead atoms. The Balaban J connectivity index is 1.57. The molecule has 0 heterocycles. The first kappa shape index (κ1) is 18.5. The second-order valence-corrected chi connectivity index (χ2v) is 9.47. The topological polar surface area (TPSA) is 57.5 Å². The molecule has 0 aliphatic heterocycles. The molecule has 4 rings (SSSR count). The minimum atomic E-state index is -2.68. The Morgan fingerprint density at radius 1 is 1.23 bits per heavy atom. The zero-order valence-electron chi connectivity index (χ0n) is 15.5. The zero-order chi connectivity index (χ0) is 18.7. The Morgan fingerprint density at radius 2 is 2.00 bits per heavy atom. The van der Waals surface area contributed by atoms with Gasteiger partial charge >= 0.3 is 0 Å². The van der Waals surface area contributed by atoms with E-state index in [-0.39, 0.29) is 36.6 Å².